The molecule has 0 bridgehead atoms. The second-order valence-electron chi connectivity index (χ2n) is 5.86. The molecule has 0 spiro atoms. The highest BCUT2D eigenvalue weighted by Gasteiger charge is 2.21. The third-order valence-corrected chi connectivity index (χ3v) is 3.82. The summed E-state index contributed by atoms with van der Waals surface area (Å²) in [6, 6.07) is 15.2. The van der Waals surface area contributed by atoms with Gasteiger partial charge in [0.15, 0.2) is 6.10 Å². The van der Waals surface area contributed by atoms with Gasteiger partial charge in [0.2, 0.25) is 0 Å². The Kier molecular flexibility index (Phi) is 4.81. The number of halogens is 1. The van der Waals surface area contributed by atoms with E-state index in [1.165, 1.54) is 29.9 Å². The zero-order chi connectivity index (χ0) is 18.7. The molecule has 0 amide bonds. The molecule has 0 saturated carbocycles. The second-order valence-corrected chi connectivity index (χ2v) is 5.86. The first-order chi connectivity index (χ1) is 12.5. The molecule has 1 heterocycles. The van der Waals surface area contributed by atoms with Gasteiger partial charge in [0.25, 0.3) is 0 Å². The average molecular weight is 349 g/mol. The van der Waals surface area contributed by atoms with E-state index in [1.54, 1.807) is 12.1 Å². The van der Waals surface area contributed by atoms with Crippen molar-refractivity contribution in [3.05, 3.63) is 71.7 Å². The number of rotatable bonds is 4. The van der Waals surface area contributed by atoms with Crippen LogP contribution in [0.1, 0.15) is 22.8 Å². The number of carbonyl (C=O) groups excluding carboxylic acids is 1. The minimum absolute atomic E-state index is 0.236. The molecule has 3 rings (SSSR count). The Balaban J connectivity index is 2.08. The summed E-state index contributed by atoms with van der Waals surface area (Å²) < 4.78 is 19.8. The largest absolute Gasteiger partial charge is 0.444 e. The maximum Gasteiger partial charge on any atom is 0.343 e. The molecule has 0 aliphatic rings. The molecule has 0 N–H and O–H groups in total. The normalized spacial score (nSPS) is 11.6. The van der Waals surface area contributed by atoms with E-state index < -0.39 is 12.1 Å². The number of aryl methyl sites for hydroxylation is 1. The molecule has 0 unspecified atom stereocenters. The standard InChI is InChI=1S/C20H16FN3O2/c1-13-3-5-15(6-4-13)19-18(20(25)26-14(2)11-22)12-24(23-19)17-9-7-16(21)8-10-17/h3-10,12,14H,1-2H3/t14-/m0/s1. The van der Waals surface area contributed by atoms with Crippen LogP contribution < -0.4 is 0 Å². The van der Waals surface area contributed by atoms with E-state index in [0.717, 1.165) is 11.1 Å². The van der Waals surface area contributed by atoms with Crippen LogP contribution in [-0.4, -0.2) is 21.9 Å². The molecule has 0 aliphatic heterocycles. The van der Waals surface area contributed by atoms with Crippen LogP contribution in [0.3, 0.4) is 0 Å². The summed E-state index contributed by atoms with van der Waals surface area (Å²) in [6.45, 7) is 3.46. The summed E-state index contributed by atoms with van der Waals surface area (Å²) >= 11 is 0. The number of hydrogen-bond donors (Lipinski definition) is 0. The Labute approximate surface area is 150 Å². The van der Waals surface area contributed by atoms with Crippen LogP contribution in [0.2, 0.25) is 0 Å². The van der Waals surface area contributed by atoms with E-state index in [9.17, 15) is 9.18 Å². The SMILES string of the molecule is Cc1ccc(-c2nn(-c3ccc(F)cc3)cc2C(=O)O[C@@H](C)C#N)cc1. The molecule has 3 aromatic rings. The first-order valence-electron chi connectivity index (χ1n) is 8.01. The zero-order valence-electron chi connectivity index (χ0n) is 14.3. The fraction of sp³-hybridized carbons (Fsp3) is 0.150. The van der Waals surface area contributed by atoms with Gasteiger partial charge >= 0.3 is 5.97 Å². The molecule has 2 aromatic carbocycles. The summed E-state index contributed by atoms with van der Waals surface area (Å²) in [7, 11) is 0. The minimum Gasteiger partial charge on any atom is -0.444 e. The highest BCUT2D eigenvalue weighted by molar-refractivity contribution is 5.96. The zero-order valence-corrected chi connectivity index (χ0v) is 14.3. The molecule has 0 fully saturated rings. The van der Waals surface area contributed by atoms with Crippen LogP contribution in [0.15, 0.2) is 54.7 Å². The Morgan fingerprint density at radius 3 is 2.46 bits per heavy atom. The number of ether oxygens (including phenoxy) is 1. The molecule has 130 valence electrons. The summed E-state index contributed by atoms with van der Waals surface area (Å²) in [5, 5.41) is 13.3. The summed E-state index contributed by atoms with van der Waals surface area (Å²) in [6.07, 6.45) is 0.650. The lowest BCUT2D eigenvalue weighted by Crippen LogP contribution is -2.13. The van der Waals surface area contributed by atoms with E-state index in [1.807, 2.05) is 37.3 Å². The Hall–Kier alpha value is -3.46. The monoisotopic (exact) mass is 349 g/mol. The third kappa shape index (κ3) is 3.62. The molecular formula is C20H16FN3O2. The minimum atomic E-state index is -0.873. The van der Waals surface area contributed by atoms with Crippen molar-refractivity contribution < 1.29 is 13.9 Å². The van der Waals surface area contributed by atoms with Crippen molar-refractivity contribution in [1.82, 2.24) is 9.78 Å². The van der Waals surface area contributed by atoms with Crippen LogP contribution in [0.5, 0.6) is 0 Å². The van der Waals surface area contributed by atoms with Gasteiger partial charge in [-0.05, 0) is 38.1 Å². The average Bonchev–Trinajstić information content (AvgIpc) is 3.08. The summed E-state index contributed by atoms with van der Waals surface area (Å²) in [5.41, 5.74) is 3.10. The van der Waals surface area contributed by atoms with Crippen molar-refractivity contribution in [2.24, 2.45) is 0 Å². The molecule has 1 aromatic heterocycles. The van der Waals surface area contributed by atoms with Crippen LogP contribution in [0.4, 0.5) is 4.39 Å². The molecule has 0 saturated heterocycles. The highest BCUT2D eigenvalue weighted by Crippen LogP contribution is 2.25. The van der Waals surface area contributed by atoms with Crippen molar-refractivity contribution in [3.63, 3.8) is 0 Å². The molecule has 0 aliphatic carbocycles. The Bertz CT molecular complexity index is 970. The van der Waals surface area contributed by atoms with Crippen LogP contribution in [0.25, 0.3) is 16.9 Å². The van der Waals surface area contributed by atoms with Gasteiger partial charge < -0.3 is 4.74 Å². The Morgan fingerprint density at radius 1 is 1.19 bits per heavy atom. The van der Waals surface area contributed by atoms with Crippen LogP contribution >= 0.6 is 0 Å². The topological polar surface area (TPSA) is 67.9 Å². The van der Waals surface area contributed by atoms with Crippen molar-refractivity contribution in [3.8, 4) is 23.0 Å². The maximum atomic E-state index is 13.2. The number of carbonyl (C=O) groups is 1. The van der Waals surface area contributed by atoms with E-state index in [-0.39, 0.29) is 11.4 Å². The van der Waals surface area contributed by atoms with E-state index in [0.29, 0.717) is 11.4 Å². The number of hydrogen-bond acceptors (Lipinski definition) is 4. The van der Waals surface area contributed by atoms with Gasteiger partial charge in [0.1, 0.15) is 23.1 Å². The smallest absolute Gasteiger partial charge is 0.343 e. The Morgan fingerprint density at radius 2 is 1.85 bits per heavy atom. The summed E-state index contributed by atoms with van der Waals surface area (Å²) in [5.74, 6) is -0.995. The number of benzene rings is 2. The van der Waals surface area contributed by atoms with Gasteiger partial charge in [-0.25, -0.2) is 13.9 Å². The van der Waals surface area contributed by atoms with Crippen molar-refractivity contribution in [2.75, 3.05) is 0 Å². The van der Waals surface area contributed by atoms with Gasteiger partial charge in [-0.1, -0.05) is 29.8 Å². The number of esters is 1. The van der Waals surface area contributed by atoms with Crippen molar-refractivity contribution >= 4 is 5.97 Å². The van der Waals surface area contributed by atoms with Gasteiger partial charge in [-0.15, -0.1) is 0 Å². The lowest BCUT2D eigenvalue weighted by atomic mass is 10.1. The molecule has 6 heteroatoms. The van der Waals surface area contributed by atoms with Crippen LogP contribution in [0, 0.1) is 24.1 Å². The van der Waals surface area contributed by atoms with Gasteiger partial charge in [-0.2, -0.15) is 10.4 Å². The molecule has 26 heavy (non-hydrogen) atoms. The lowest BCUT2D eigenvalue weighted by molar-refractivity contribution is 0.0436. The number of nitriles is 1. The van der Waals surface area contributed by atoms with Gasteiger partial charge in [0, 0.05) is 11.8 Å². The van der Waals surface area contributed by atoms with Gasteiger partial charge in [-0.3, -0.25) is 0 Å². The van der Waals surface area contributed by atoms with E-state index in [2.05, 4.69) is 5.10 Å². The van der Waals surface area contributed by atoms with E-state index in [4.69, 9.17) is 10.00 Å². The lowest BCUT2D eigenvalue weighted by Gasteiger charge is -2.06. The number of aromatic nitrogens is 2. The van der Waals surface area contributed by atoms with Crippen molar-refractivity contribution in [2.45, 2.75) is 20.0 Å². The van der Waals surface area contributed by atoms with Gasteiger partial charge in [0.05, 0.1) is 5.69 Å². The second kappa shape index (κ2) is 7.19. The molecule has 5 nitrogen and oxygen atoms in total. The fourth-order valence-corrected chi connectivity index (χ4v) is 2.42. The third-order valence-electron chi connectivity index (χ3n) is 3.82. The van der Waals surface area contributed by atoms with Crippen molar-refractivity contribution in [1.29, 1.82) is 5.26 Å². The first kappa shape index (κ1) is 17.4. The molecule has 1 atom stereocenters. The van der Waals surface area contributed by atoms with E-state index >= 15 is 0 Å². The number of nitrogens with zero attached hydrogens (tertiary/aromatic N) is 3. The maximum absolute atomic E-state index is 13.2. The first-order valence-corrected chi connectivity index (χ1v) is 8.01. The molecular weight excluding hydrogens is 333 g/mol. The highest BCUT2D eigenvalue weighted by atomic mass is 19.1. The molecule has 0 radical (unpaired) electrons. The fourth-order valence-electron chi connectivity index (χ4n) is 2.42. The summed E-state index contributed by atoms with van der Waals surface area (Å²) in [4.78, 5) is 12.5. The quantitative estimate of drug-likeness (QED) is 0.666. The predicted octanol–water partition coefficient (Wildman–Crippen LogP) is 4.06. The predicted molar refractivity (Wildman–Crippen MR) is 94.2 cm³/mol. The van der Waals surface area contributed by atoms with Crippen LogP contribution in [-0.2, 0) is 4.74 Å².